The van der Waals surface area contributed by atoms with Gasteiger partial charge in [-0.1, -0.05) is 30.3 Å². The van der Waals surface area contributed by atoms with Crippen molar-refractivity contribution in [3.8, 4) is 5.75 Å². The summed E-state index contributed by atoms with van der Waals surface area (Å²) in [7, 11) is 0. The number of carbonyl (C=O) groups is 1. The van der Waals surface area contributed by atoms with Gasteiger partial charge in [-0.25, -0.2) is 9.79 Å². The van der Waals surface area contributed by atoms with Crippen LogP contribution in [0.5, 0.6) is 5.75 Å². The molecule has 1 heterocycles. The van der Waals surface area contributed by atoms with Crippen molar-refractivity contribution in [3.63, 3.8) is 0 Å². The maximum absolute atomic E-state index is 12.0. The van der Waals surface area contributed by atoms with Crippen molar-refractivity contribution in [3.05, 3.63) is 70.9 Å². The minimum absolute atomic E-state index is 0.289. The fourth-order valence-corrected chi connectivity index (χ4v) is 2.36. The van der Waals surface area contributed by atoms with Crippen LogP contribution in [0.15, 0.2) is 59.2 Å². The number of ether oxygens (including phenoxy) is 2. The zero-order chi connectivity index (χ0) is 16.2. The number of hydrogen-bond donors (Lipinski definition) is 0. The predicted octanol–water partition coefficient (Wildman–Crippen LogP) is 3.74. The first-order valence-electron chi connectivity index (χ1n) is 7.49. The van der Waals surface area contributed by atoms with Crippen molar-refractivity contribution in [1.29, 1.82) is 0 Å². The van der Waals surface area contributed by atoms with E-state index in [0.717, 1.165) is 22.4 Å². The Morgan fingerprint density at radius 1 is 1.17 bits per heavy atom. The molecule has 23 heavy (non-hydrogen) atoms. The van der Waals surface area contributed by atoms with E-state index >= 15 is 0 Å². The summed E-state index contributed by atoms with van der Waals surface area (Å²) in [5, 5.41) is 0. The summed E-state index contributed by atoms with van der Waals surface area (Å²) >= 11 is 0. The second kappa shape index (κ2) is 6.48. The maximum atomic E-state index is 12.0. The average molecular weight is 307 g/mol. The van der Waals surface area contributed by atoms with Crippen LogP contribution in [-0.4, -0.2) is 18.5 Å². The number of benzene rings is 2. The van der Waals surface area contributed by atoms with Crippen molar-refractivity contribution < 1.29 is 14.3 Å². The van der Waals surface area contributed by atoms with Crippen LogP contribution < -0.4 is 4.74 Å². The van der Waals surface area contributed by atoms with Gasteiger partial charge in [0.2, 0.25) is 5.90 Å². The van der Waals surface area contributed by atoms with E-state index in [1.807, 2.05) is 62.4 Å². The third-order valence-corrected chi connectivity index (χ3v) is 3.47. The number of aliphatic imine (C=N–C) groups is 1. The summed E-state index contributed by atoms with van der Waals surface area (Å²) in [5.74, 6) is 0.668. The zero-order valence-corrected chi connectivity index (χ0v) is 13.1. The summed E-state index contributed by atoms with van der Waals surface area (Å²) < 4.78 is 10.8. The third-order valence-electron chi connectivity index (χ3n) is 3.47. The summed E-state index contributed by atoms with van der Waals surface area (Å²) in [5.41, 5.74) is 2.97. The van der Waals surface area contributed by atoms with E-state index in [1.54, 1.807) is 6.08 Å². The SMILES string of the molecule is CCOc1cccc(/C=C2/N=C(c3ccccc3C)OC2=O)c1. The van der Waals surface area contributed by atoms with E-state index < -0.39 is 5.97 Å². The standard InChI is InChI=1S/C19H17NO3/c1-3-22-15-9-6-8-14(11-15)12-17-19(21)23-18(20-17)16-10-5-4-7-13(16)2/h4-12H,3H2,1-2H3/b17-12+. The molecule has 0 aromatic heterocycles. The topological polar surface area (TPSA) is 47.9 Å². The lowest BCUT2D eigenvalue weighted by atomic mass is 10.1. The molecule has 0 fully saturated rings. The average Bonchev–Trinajstić information content (AvgIpc) is 2.89. The number of nitrogens with zero attached hydrogens (tertiary/aromatic N) is 1. The van der Waals surface area contributed by atoms with Crippen LogP contribution in [0.4, 0.5) is 0 Å². The first-order valence-corrected chi connectivity index (χ1v) is 7.49. The van der Waals surface area contributed by atoms with Crippen LogP contribution in [0.1, 0.15) is 23.6 Å². The van der Waals surface area contributed by atoms with Gasteiger partial charge < -0.3 is 9.47 Å². The molecule has 0 spiro atoms. The van der Waals surface area contributed by atoms with Crippen molar-refractivity contribution in [2.75, 3.05) is 6.61 Å². The molecule has 0 saturated heterocycles. The van der Waals surface area contributed by atoms with Gasteiger partial charge in [-0.15, -0.1) is 0 Å². The Morgan fingerprint density at radius 3 is 2.78 bits per heavy atom. The first kappa shape index (κ1) is 15.0. The molecule has 4 nitrogen and oxygen atoms in total. The molecule has 2 aromatic rings. The Kier molecular flexibility index (Phi) is 4.24. The predicted molar refractivity (Wildman–Crippen MR) is 89.4 cm³/mol. The smallest absolute Gasteiger partial charge is 0.363 e. The molecule has 0 N–H and O–H groups in total. The second-order valence-corrected chi connectivity index (χ2v) is 5.16. The molecule has 3 rings (SSSR count). The van der Waals surface area contributed by atoms with Crippen molar-refractivity contribution in [2.45, 2.75) is 13.8 Å². The highest BCUT2D eigenvalue weighted by molar-refractivity contribution is 6.13. The van der Waals surface area contributed by atoms with Gasteiger partial charge in [0.15, 0.2) is 5.70 Å². The van der Waals surface area contributed by atoms with Crippen molar-refractivity contribution >= 4 is 17.9 Å². The van der Waals surface area contributed by atoms with Crippen LogP contribution in [0.3, 0.4) is 0 Å². The van der Waals surface area contributed by atoms with E-state index in [-0.39, 0.29) is 5.70 Å². The molecular formula is C19H17NO3. The quantitative estimate of drug-likeness (QED) is 0.638. The lowest BCUT2D eigenvalue weighted by Gasteiger charge is -2.03. The van der Waals surface area contributed by atoms with Crippen LogP contribution in [0.2, 0.25) is 0 Å². The van der Waals surface area contributed by atoms with E-state index in [2.05, 4.69) is 4.99 Å². The molecule has 0 unspecified atom stereocenters. The van der Waals surface area contributed by atoms with Crippen LogP contribution >= 0.6 is 0 Å². The van der Waals surface area contributed by atoms with Gasteiger partial charge in [0, 0.05) is 5.56 Å². The van der Waals surface area contributed by atoms with E-state index in [0.29, 0.717) is 12.5 Å². The molecule has 1 aliphatic heterocycles. The molecule has 2 aromatic carbocycles. The molecule has 0 atom stereocenters. The largest absolute Gasteiger partial charge is 0.494 e. The highest BCUT2D eigenvalue weighted by Crippen LogP contribution is 2.22. The fraction of sp³-hybridized carbons (Fsp3) is 0.158. The summed E-state index contributed by atoms with van der Waals surface area (Å²) in [6, 6.07) is 15.2. The fourth-order valence-electron chi connectivity index (χ4n) is 2.36. The Morgan fingerprint density at radius 2 is 2.00 bits per heavy atom. The van der Waals surface area contributed by atoms with E-state index in [9.17, 15) is 4.79 Å². The lowest BCUT2D eigenvalue weighted by molar-refractivity contribution is -0.129. The number of aryl methyl sites for hydroxylation is 1. The van der Waals surface area contributed by atoms with Crippen LogP contribution in [-0.2, 0) is 9.53 Å². The molecule has 0 radical (unpaired) electrons. The molecule has 1 aliphatic rings. The minimum atomic E-state index is -0.440. The third kappa shape index (κ3) is 3.31. The number of hydrogen-bond acceptors (Lipinski definition) is 4. The Bertz CT molecular complexity index is 806. The zero-order valence-electron chi connectivity index (χ0n) is 13.1. The molecule has 0 bridgehead atoms. The van der Waals surface area contributed by atoms with Gasteiger partial charge in [-0.2, -0.15) is 0 Å². The minimum Gasteiger partial charge on any atom is -0.494 e. The molecule has 0 aliphatic carbocycles. The number of esters is 1. The number of rotatable bonds is 4. The normalized spacial score (nSPS) is 15.5. The highest BCUT2D eigenvalue weighted by atomic mass is 16.6. The molecule has 4 heteroatoms. The van der Waals surface area contributed by atoms with Crippen molar-refractivity contribution in [1.82, 2.24) is 0 Å². The number of cyclic esters (lactones) is 1. The van der Waals surface area contributed by atoms with Crippen molar-refractivity contribution in [2.24, 2.45) is 4.99 Å². The molecule has 0 saturated carbocycles. The van der Waals surface area contributed by atoms with Gasteiger partial charge in [0.25, 0.3) is 0 Å². The van der Waals surface area contributed by atoms with E-state index in [4.69, 9.17) is 9.47 Å². The maximum Gasteiger partial charge on any atom is 0.363 e. The lowest BCUT2D eigenvalue weighted by Crippen LogP contribution is -2.06. The summed E-state index contributed by atoms with van der Waals surface area (Å²) in [4.78, 5) is 16.4. The summed E-state index contributed by atoms with van der Waals surface area (Å²) in [6.07, 6.45) is 1.70. The van der Waals surface area contributed by atoms with Crippen LogP contribution in [0, 0.1) is 6.92 Å². The second-order valence-electron chi connectivity index (χ2n) is 5.16. The highest BCUT2D eigenvalue weighted by Gasteiger charge is 2.24. The van der Waals surface area contributed by atoms with Gasteiger partial charge in [-0.05, 0) is 49.2 Å². The van der Waals surface area contributed by atoms with Gasteiger partial charge in [0.05, 0.1) is 6.61 Å². The monoisotopic (exact) mass is 307 g/mol. The molecule has 0 amide bonds. The van der Waals surface area contributed by atoms with E-state index in [1.165, 1.54) is 0 Å². The molecule has 116 valence electrons. The van der Waals surface area contributed by atoms with Gasteiger partial charge in [-0.3, -0.25) is 0 Å². The Balaban J connectivity index is 1.92. The van der Waals surface area contributed by atoms with Gasteiger partial charge in [0.1, 0.15) is 5.75 Å². The first-order chi connectivity index (χ1) is 11.2. The Labute approximate surface area is 135 Å². The Hall–Kier alpha value is -2.88. The van der Waals surface area contributed by atoms with Gasteiger partial charge >= 0.3 is 5.97 Å². The number of carbonyl (C=O) groups excluding carboxylic acids is 1. The molecular weight excluding hydrogens is 290 g/mol. The summed E-state index contributed by atoms with van der Waals surface area (Å²) in [6.45, 7) is 4.48. The van der Waals surface area contributed by atoms with Crippen LogP contribution in [0.25, 0.3) is 6.08 Å².